The van der Waals surface area contributed by atoms with Gasteiger partial charge in [0.2, 0.25) is 0 Å². The molecule has 2 atom stereocenters. The summed E-state index contributed by atoms with van der Waals surface area (Å²) in [6.07, 6.45) is 1.47. The third-order valence-corrected chi connectivity index (χ3v) is 4.49. The van der Waals surface area contributed by atoms with Crippen LogP contribution in [0.5, 0.6) is 0 Å². The fourth-order valence-electron chi connectivity index (χ4n) is 2.80. The zero-order valence-corrected chi connectivity index (χ0v) is 16.0. The molecule has 1 aliphatic rings. The highest BCUT2D eigenvalue weighted by Crippen LogP contribution is 2.35. The van der Waals surface area contributed by atoms with Crippen LogP contribution in [0.4, 0.5) is 4.79 Å². The maximum Gasteiger partial charge on any atom is 0.410 e. The van der Waals surface area contributed by atoms with Gasteiger partial charge in [0.15, 0.2) is 0 Å². The normalized spacial score (nSPS) is 20.2. The van der Waals surface area contributed by atoms with E-state index in [9.17, 15) is 9.90 Å². The van der Waals surface area contributed by atoms with Gasteiger partial charge in [0.05, 0.1) is 16.4 Å². The lowest BCUT2D eigenvalue weighted by atomic mass is 9.99. The molecule has 1 fully saturated rings. The maximum absolute atomic E-state index is 12.2. The van der Waals surface area contributed by atoms with Crippen LogP contribution < -0.4 is 0 Å². The van der Waals surface area contributed by atoms with E-state index < -0.39 is 11.7 Å². The Bertz CT molecular complexity index is 565. The summed E-state index contributed by atoms with van der Waals surface area (Å²) in [5.41, 5.74) is 0.267. The fraction of sp³-hybridized carbons (Fsp3) is 0.750. The van der Waals surface area contributed by atoms with Crippen molar-refractivity contribution in [3.8, 4) is 0 Å². The lowest BCUT2D eigenvalue weighted by molar-refractivity contribution is 0.0265. The van der Waals surface area contributed by atoms with E-state index >= 15 is 0 Å². The summed E-state index contributed by atoms with van der Waals surface area (Å²) in [5, 5.41) is 15.1. The fourth-order valence-corrected chi connectivity index (χ4v) is 3.31. The second-order valence-electron chi connectivity index (χ2n) is 7.34. The van der Waals surface area contributed by atoms with Crippen molar-refractivity contribution in [2.24, 2.45) is 5.92 Å². The van der Waals surface area contributed by atoms with Crippen molar-refractivity contribution in [1.29, 1.82) is 0 Å². The van der Waals surface area contributed by atoms with Crippen LogP contribution in [0, 0.1) is 5.92 Å². The lowest BCUT2D eigenvalue weighted by Crippen LogP contribution is -2.35. The van der Waals surface area contributed by atoms with Gasteiger partial charge in [0.25, 0.3) is 0 Å². The Kier molecular flexibility index (Phi) is 5.41. The van der Waals surface area contributed by atoms with Gasteiger partial charge < -0.3 is 14.7 Å². The van der Waals surface area contributed by atoms with Crippen LogP contribution in [-0.4, -0.2) is 44.6 Å². The van der Waals surface area contributed by atoms with Crippen molar-refractivity contribution in [2.45, 2.75) is 58.8 Å². The first-order chi connectivity index (χ1) is 10.6. The highest BCUT2D eigenvalue weighted by molar-refractivity contribution is 9.10. The zero-order chi connectivity index (χ0) is 17.4. The Hall–Kier alpha value is -1.08. The number of halogens is 1. The number of ether oxygens (including phenoxy) is 1. The lowest BCUT2D eigenvalue weighted by Gasteiger charge is -2.25. The van der Waals surface area contributed by atoms with Crippen molar-refractivity contribution in [1.82, 2.24) is 14.7 Å². The van der Waals surface area contributed by atoms with Gasteiger partial charge >= 0.3 is 6.09 Å². The van der Waals surface area contributed by atoms with Crippen molar-refractivity contribution < 1.29 is 14.6 Å². The average Bonchev–Trinajstić information content (AvgIpc) is 3.02. The average molecular weight is 388 g/mol. The summed E-state index contributed by atoms with van der Waals surface area (Å²) in [4.78, 5) is 13.8. The molecule has 130 valence electrons. The monoisotopic (exact) mass is 387 g/mol. The van der Waals surface area contributed by atoms with E-state index in [2.05, 4.69) is 21.0 Å². The molecule has 1 aromatic rings. The predicted octanol–water partition coefficient (Wildman–Crippen LogP) is 3.52. The molecular weight excluding hydrogens is 362 g/mol. The van der Waals surface area contributed by atoms with Crippen molar-refractivity contribution >= 4 is 22.0 Å². The number of carbonyl (C=O) groups is 1. The van der Waals surface area contributed by atoms with Crippen LogP contribution in [0.25, 0.3) is 0 Å². The Morgan fingerprint density at radius 1 is 1.48 bits per heavy atom. The third kappa shape index (κ3) is 4.26. The van der Waals surface area contributed by atoms with E-state index in [-0.39, 0.29) is 18.1 Å². The molecule has 1 amide bonds. The van der Waals surface area contributed by atoms with Gasteiger partial charge in [-0.15, -0.1) is 0 Å². The molecule has 0 aromatic carbocycles. The molecule has 23 heavy (non-hydrogen) atoms. The maximum atomic E-state index is 12.2. The molecule has 0 saturated carbocycles. The smallest absolute Gasteiger partial charge is 0.410 e. The minimum absolute atomic E-state index is 0.0204. The molecule has 1 saturated heterocycles. The Labute approximate surface area is 145 Å². The van der Waals surface area contributed by atoms with Crippen LogP contribution in [0.2, 0.25) is 0 Å². The van der Waals surface area contributed by atoms with Crippen LogP contribution in [0.15, 0.2) is 10.7 Å². The Morgan fingerprint density at radius 3 is 2.70 bits per heavy atom. The second-order valence-corrected chi connectivity index (χ2v) is 8.19. The van der Waals surface area contributed by atoms with Gasteiger partial charge in [-0.2, -0.15) is 5.10 Å². The van der Waals surface area contributed by atoms with Crippen molar-refractivity contribution in [3.05, 3.63) is 16.4 Å². The summed E-state index contributed by atoms with van der Waals surface area (Å²) in [6, 6.07) is 0.161. The Balaban J connectivity index is 2.07. The number of aliphatic hydroxyl groups excluding tert-OH is 1. The summed E-state index contributed by atoms with van der Waals surface area (Å²) in [6.45, 7) is 10.7. The summed E-state index contributed by atoms with van der Waals surface area (Å²) >= 11 is 3.47. The molecule has 7 heteroatoms. The molecule has 1 aromatic heterocycles. The number of aliphatic hydroxyl groups is 1. The molecule has 2 rings (SSSR count). The number of likely N-dealkylation sites (tertiary alicyclic amines) is 1. The van der Waals surface area contributed by atoms with Gasteiger partial charge in [-0.1, -0.05) is 0 Å². The van der Waals surface area contributed by atoms with Crippen LogP contribution >= 0.6 is 15.9 Å². The minimum Gasteiger partial charge on any atom is -0.444 e. The van der Waals surface area contributed by atoms with E-state index in [0.717, 1.165) is 16.6 Å². The molecule has 1 aliphatic heterocycles. The number of hydrogen-bond acceptors (Lipinski definition) is 4. The largest absolute Gasteiger partial charge is 0.444 e. The molecule has 0 aliphatic carbocycles. The topological polar surface area (TPSA) is 67.6 Å². The second kappa shape index (κ2) is 6.81. The van der Waals surface area contributed by atoms with E-state index in [0.29, 0.717) is 13.1 Å². The highest BCUT2D eigenvalue weighted by atomic mass is 79.9. The molecular formula is C16H26BrN3O3. The SMILES string of the molecule is CC(C)n1ncc(Br)c1C(O)C1CCN(C(=O)OC(C)(C)C)C1. The number of aromatic nitrogens is 2. The first-order valence-electron chi connectivity index (χ1n) is 7.99. The highest BCUT2D eigenvalue weighted by Gasteiger charge is 2.36. The summed E-state index contributed by atoms with van der Waals surface area (Å²) in [7, 11) is 0. The van der Waals surface area contributed by atoms with Gasteiger partial charge in [0.1, 0.15) is 11.7 Å². The van der Waals surface area contributed by atoms with Gasteiger partial charge in [0, 0.05) is 25.0 Å². The van der Waals surface area contributed by atoms with Crippen LogP contribution in [0.1, 0.15) is 58.9 Å². The van der Waals surface area contributed by atoms with Crippen LogP contribution in [-0.2, 0) is 4.74 Å². The molecule has 0 spiro atoms. The first kappa shape index (κ1) is 18.3. The molecule has 2 unspecified atom stereocenters. The standard InChI is InChI=1S/C16H26BrN3O3/c1-10(2)20-13(12(17)8-18-20)14(21)11-6-7-19(9-11)15(22)23-16(3,4)5/h8,10-11,14,21H,6-7,9H2,1-5H3. The van der Waals surface area contributed by atoms with Gasteiger partial charge in [-0.25, -0.2) is 4.79 Å². The number of carbonyl (C=O) groups excluding carboxylic acids is 1. The molecule has 0 bridgehead atoms. The van der Waals surface area contributed by atoms with E-state index in [1.54, 1.807) is 11.1 Å². The molecule has 0 radical (unpaired) electrons. The summed E-state index contributed by atoms with van der Waals surface area (Å²) < 4.78 is 8.03. The minimum atomic E-state index is -0.665. The van der Waals surface area contributed by atoms with Crippen molar-refractivity contribution in [3.63, 3.8) is 0 Å². The Morgan fingerprint density at radius 2 is 2.13 bits per heavy atom. The third-order valence-electron chi connectivity index (χ3n) is 3.88. The van der Waals surface area contributed by atoms with Gasteiger partial charge in [-0.05, 0) is 57.0 Å². The van der Waals surface area contributed by atoms with Gasteiger partial charge in [-0.3, -0.25) is 4.68 Å². The predicted molar refractivity (Wildman–Crippen MR) is 91.2 cm³/mol. The molecule has 2 heterocycles. The number of rotatable bonds is 3. The number of nitrogens with zero attached hydrogens (tertiary/aromatic N) is 3. The van der Waals surface area contributed by atoms with Crippen molar-refractivity contribution in [2.75, 3.05) is 13.1 Å². The van der Waals surface area contributed by atoms with E-state index in [1.807, 2.05) is 39.3 Å². The molecule has 6 nitrogen and oxygen atoms in total. The zero-order valence-electron chi connectivity index (χ0n) is 14.4. The van der Waals surface area contributed by atoms with Crippen LogP contribution in [0.3, 0.4) is 0 Å². The first-order valence-corrected chi connectivity index (χ1v) is 8.78. The van der Waals surface area contributed by atoms with E-state index in [1.165, 1.54) is 0 Å². The summed E-state index contributed by atoms with van der Waals surface area (Å²) in [5.74, 6) is -0.0204. The number of hydrogen-bond donors (Lipinski definition) is 1. The number of amides is 1. The molecule has 1 N–H and O–H groups in total. The van der Waals surface area contributed by atoms with E-state index in [4.69, 9.17) is 4.74 Å². The quantitative estimate of drug-likeness (QED) is 0.861.